The highest BCUT2D eigenvalue weighted by Crippen LogP contribution is 2.40. The summed E-state index contributed by atoms with van der Waals surface area (Å²) in [6.45, 7) is 3.60. The quantitative estimate of drug-likeness (QED) is 0.391. The molecule has 0 N–H and O–H groups in total. The second kappa shape index (κ2) is 4.40. The van der Waals surface area contributed by atoms with E-state index >= 15 is 0 Å². The molecule has 3 heteroatoms. The molecule has 0 aromatic heterocycles. The van der Waals surface area contributed by atoms with Crippen LogP contribution in [0.15, 0.2) is 12.7 Å². The smallest absolute Gasteiger partial charge is 0.319 e. The standard InChI is InChI=1S/C11H16O3/c1-3-4-7-11(10(13)14-2)8-5-6-9(11)12/h3H,1,4-8H2,2H3. The molecule has 78 valence electrons. The third-order valence-electron chi connectivity index (χ3n) is 2.89. The first kappa shape index (κ1) is 11.0. The summed E-state index contributed by atoms with van der Waals surface area (Å²) in [5, 5.41) is 0. The normalized spacial score (nSPS) is 26.2. The summed E-state index contributed by atoms with van der Waals surface area (Å²) in [6.07, 6.45) is 4.89. The molecule has 0 radical (unpaired) electrons. The number of esters is 1. The van der Waals surface area contributed by atoms with Crippen molar-refractivity contribution in [2.24, 2.45) is 5.41 Å². The average molecular weight is 196 g/mol. The van der Waals surface area contributed by atoms with E-state index in [0.29, 0.717) is 25.7 Å². The lowest BCUT2D eigenvalue weighted by Crippen LogP contribution is -2.36. The second-order valence-corrected chi connectivity index (χ2v) is 3.68. The number of carbonyl (C=O) groups is 2. The Labute approximate surface area is 84.1 Å². The van der Waals surface area contributed by atoms with Gasteiger partial charge in [-0.05, 0) is 25.7 Å². The van der Waals surface area contributed by atoms with Crippen LogP contribution in [0.2, 0.25) is 0 Å². The molecule has 0 aliphatic heterocycles. The fourth-order valence-electron chi connectivity index (χ4n) is 2.06. The van der Waals surface area contributed by atoms with Crippen LogP contribution in [0.4, 0.5) is 0 Å². The fourth-order valence-corrected chi connectivity index (χ4v) is 2.06. The van der Waals surface area contributed by atoms with Crippen molar-refractivity contribution in [3.8, 4) is 0 Å². The van der Waals surface area contributed by atoms with Crippen molar-refractivity contribution < 1.29 is 14.3 Å². The molecule has 1 unspecified atom stereocenters. The molecule has 1 rings (SSSR count). The Bertz CT molecular complexity index is 257. The third-order valence-corrected chi connectivity index (χ3v) is 2.89. The minimum Gasteiger partial charge on any atom is -0.468 e. The van der Waals surface area contributed by atoms with Gasteiger partial charge in [-0.2, -0.15) is 0 Å². The Morgan fingerprint density at radius 3 is 2.86 bits per heavy atom. The van der Waals surface area contributed by atoms with E-state index in [4.69, 9.17) is 4.74 Å². The van der Waals surface area contributed by atoms with E-state index in [-0.39, 0.29) is 11.8 Å². The minimum atomic E-state index is -0.858. The van der Waals surface area contributed by atoms with Crippen LogP contribution in [-0.4, -0.2) is 18.9 Å². The lowest BCUT2D eigenvalue weighted by atomic mass is 9.80. The van der Waals surface area contributed by atoms with E-state index in [9.17, 15) is 9.59 Å². The highest BCUT2D eigenvalue weighted by molar-refractivity contribution is 6.05. The van der Waals surface area contributed by atoms with E-state index in [0.717, 1.165) is 6.42 Å². The molecule has 1 aliphatic rings. The van der Waals surface area contributed by atoms with Crippen LogP contribution in [0.25, 0.3) is 0 Å². The number of hydrogen-bond acceptors (Lipinski definition) is 3. The van der Waals surface area contributed by atoms with Gasteiger partial charge in [0.1, 0.15) is 11.2 Å². The Kier molecular flexibility index (Phi) is 3.44. The monoisotopic (exact) mass is 196 g/mol. The van der Waals surface area contributed by atoms with E-state index < -0.39 is 5.41 Å². The van der Waals surface area contributed by atoms with Gasteiger partial charge in [0, 0.05) is 6.42 Å². The van der Waals surface area contributed by atoms with Crippen LogP contribution in [0.5, 0.6) is 0 Å². The molecule has 1 fully saturated rings. The predicted molar refractivity (Wildman–Crippen MR) is 52.7 cm³/mol. The summed E-state index contributed by atoms with van der Waals surface area (Å²) in [4.78, 5) is 23.2. The summed E-state index contributed by atoms with van der Waals surface area (Å²) in [5.41, 5.74) is -0.858. The van der Waals surface area contributed by atoms with E-state index in [1.807, 2.05) is 0 Å². The summed E-state index contributed by atoms with van der Waals surface area (Å²) in [7, 11) is 1.34. The van der Waals surface area contributed by atoms with Crippen molar-refractivity contribution in [1.82, 2.24) is 0 Å². The molecular weight excluding hydrogens is 180 g/mol. The zero-order valence-corrected chi connectivity index (χ0v) is 8.54. The van der Waals surface area contributed by atoms with Gasteiger partial charge in [0.2, 0.25) is 0 Å². The van der Waals surface area contributed by atoms with Gasteiger partial charge < -0.3 is 4.74 Å². The topological polar surface area (TPSA) is 43.4 Å². The van der Waals surface area contributed by atoms with E-state index in [2.05, 4.69) is 6.58 Å². The van der Waals surface area contributed by atoms with Gasteiger partial charge in [0.15, 0.2) is 0 Å². The van der Waals surface area contributed by atoms with Crippen molar-refractivity contribution in [2.75, 3.05) is 7.11 Å². The highest BCUT2D eigenvalue weighted by Gasteiger charge is 2.48. The molecule has 1 saturated carbocycles. The molecular formula is C11H16O3. The largest absolute Gasteiger partial charge is 0.468 e. The molecule has 0 spiro atoms. The molecule has 0 bridgehead atoms. The number of carbonyl (C=O) groups excluding carboxylic acids is 2. The highest BCUT2D eigenvalue weighted by atomic mass is 16.5. The van der Waals surface area contributed by atoms with Gasteiger partial charge in [-0.25, -0.2) is 0 Å². The Morgan fingerprint density at radius 1 is 1.71 bits per heavy atom. The maximum atomic E-state index is 11.7. The third kappa shape index (κ3) is 1.72. The van der Waals surface area contributed by atoms with Crippen molar-refractivity contribution >= 4 is 11.8 Å². The zero-order valence-electron chi connectivity index (χ0n) is 8.54. The number of hydrogen-bond donors (Lipinski definition) is 0. The summed E-state index contributed by atoms with van der Waals surface area (Å²) in [6, 6.07) is 0. The van der Waals surface area contributed by atoms with Gasteiger partial charge in [-0.1, -0.05) is 6.08 Å². The lowest BCUT2D eigenvalue weighted by Gasteiger charge is -2.23. The zero-order chi connectivity index (χ0) is 10.6. The van der Waals surface area contributed by atoms with Crippen LogP contribution < -0.4 is 0 Å². The van der Waals surface area contributed by atoms with Crippen molar-refractivity contribution in [1.29, 1.82) is 0 Å². The molecule has 0 amide bonds. The Balaban J connectivity index is 2.83. The van der Waals surface area contributed by atoms with Gasteiger partial charge in [0.25, 0.3) is 0 Å². The molecule has 1 atom stereocenters. The lowest BCUT2D eigenvalue weighted by molar-refractivity contribution is -0.156. The number of ether oxygens (including phenoxy) is 1. The van der Waals surface area contributed by atoms with Crippen LogP contribution in [0, 0.1) is 5.41 Å². The molecule has 1 aliphatic carbocycles. The number of allylic oxidation sites excluding steroid dienone is 1. The van der Waals surface area contributed by atoms with Crippen molar-refractivity contribution in [3.05, 3.63) is 12.7 Å². The predicted octanol–water partition coefficient (Wildman–Crippen LogP) is 1.86. The maximum Gasteiger partial charge on any atom is 0.319 e. The number of ketones is 1. The molecule has 3 nitrogen and oxygen atoms in total. The van der Waals surface area contributed by atoms with E-state index in [1.165, 1.54) is 7.11 Å². The summed E-state index contributed by atoms with van der Waals surface area (Å²) >= 11 is 0. The Morgan fingerprint density at radius 2 is 2.43 bits per heavy atom. The van der Waals surface area contributed by atoms with E-state index in [1.54, 1.807) is 6.08 Å². The van der Waals surface area contributed by atoms with Crippen molar-refractivity contribution in [3.63, 3.8) is 0 Å². The van der Waals surface area contributed by atoms with Crippen LogP contribution in [0.1, 0.15) is 32.1 Å². The minimum absolute atomic E-state index is 0.0335. The number of methoxy groups -OCH3 is 1. The molecule has 0 aromatic rings. The van der Waals surface area contributed by atoms with Gasteiger partial charge in [-0.3, -0.25) is 9.59 Å². The first-order chi connectivity index (χ1) is 6.67. The first-order valence-corrected chi connectivity index (χ1v) is 4.90. The number of rotatable bonds is 4. The molecule has 0 heterocycles. The molecule has 0 aromatic carbocycles. The number of Topliss-reactive ketones (excluding diaryl/α,β-unsaturated/α-hetero) is 1. The van der Waals surface area contributed by atoms with Crippen molar-refractivity contribution in [2.45, 2.75) is 32.1 Å². The SMILES string of the molecule is C=CCCC1(C(=O)OC)CCCC1=O. The fraction of sp³-hybridized carbons (Fsp3) is 0.636. The van der Waals surface area contributed by atoms with Gasteiger partial charge in [0.05, 0.1) is 7.11 Å². The van der Waals surface area contributed by atoms with Crippen LogP contribution in [-0.2, 0) is 14.3 Å². The van der Waals surface area contributed by atoms with Crippen LogP contribution >= 0.6 is 0 Å². The summed E-state index contributed by atoms with van der Waals surface area (Å²) < 4.78 is 4.71. The molecule has 14 heavy (non-hydrogen) atoms. The molecule has 0 saturated heterocycles. The summed E-state index contributed by atoms with van der Waals surface area (Å²) in [5.74, 6) is -0.340. The maximum absolute atomic E-state index is 11.7. The van der Waals surface area contributed by atoms with Crippen LogP contribution in [0.3, 0.4) is 0 Å². The Hall–Kier alpha value is -1.12. The second-order valence-electron chi connectivity index (χ2n) is 3.68. The van der Waals surface area contributed by atoms with Gasteiger partial charge >= 0.3 is 5.97 Å². The first-order valence-electron chi connectivity index (χ1n) is 4.90. The van der Waals surface area contributed by atoms with Gasteiger partial charge in [-0.15, -0.1) is 6.58 Å². The average Bonchev–Trinajstić information content (AvgIpc) is 2.57.